The molecule has 0 saturated heterocycles. The molecule has 10 heteroatoms. The van der Waals surface area contributed by atoms with Crippen LogP contribution >= 0.6 is 0 Å². The molecule has 10 nitrogen and oxygen atoms in total. The number of carbonyl (C=O) groups excluding carboxylic acids is 1. The molecule has 0 bridgehead atoms. The van der Waals surface area contributed by atoms with E-state index < -0.39 is 6.04 Å². The minimum atomic E-state index is -0.531. The maximum atomic E-state index is 14.5. The molecule has 6 aromatic rings. The minimum Gasteiger partial charge on any atom is -0.344 e. The quantitative estimate of drug-likeness (QED) is 0.230. The van der Waals surface area contributed by atoms with Crippen molar-refractivity contribution in [1.82, 2.24) is 39.2 Å². The normalized spacial score (nSPS) is 12.0. The van der Waals surface area contributed by atoms with E-state index in [0.717, 1.165) is 42.7 Å². The number of amides is 1. The SMILES string of the molecule is CCN(CC)CCc1c(C#Cc2cccc3cc([C@H](C)NC(=O)c4c(C)nn5cccnc45)n(-c4ccccc4)c(=O)c23)cnn1C. The highest BCUT2D eigenvalue weighted by Crippen LogP contribution is 2.24. The second kappa shape index (κ2) is 13.4. The highest BCUT2D eigenvalue weighted by Gasteiger charge is 2.23. The Balaban J connectivity index is 1.42. The van der Waals surface area contributed by atoms with Crippen molar-refractivity contribution in [2.24, 2.45) is 7.05 Å². The predicted molar refractivity (Wildman–Crippen MR) is 184 cm³/mol. The van der Waals surface area contributed by atoms with Gasteiger partial charge in [0.15, 0.2) is 5.65 Å². The average Bonchev–Trinajstić information content (AvgIpc) is 3.61. The van der Waals surface area contributed by atoms with Gasteiger partial charge in [-0.1, -0.05) is 56.0 Å². The topological polar surface area (TPSA) is 102 Å². The molecule has 47 heavy (non-hydrogen) atoms. The molecule has 2 aromatic carbocycles. The maximum absolute atomic E-state index is 14.5. The van der Waals surface area contributed by atoms with E-state index in [0.29, 0.717) is 39.2 Å². The van der Waals surface area contributed by atoms with Crippen LogP contribution in [0.3, 0.4) is 0 Å². The number of para-hydroxylation sites is 1. The van der Waals surface area contributed by atoms with Crippen molar-refractivity contribution >= 4 is 22.3 Å². The molecular weight excluding hydrogens is 588 g/mol. The van der Waals surface area contributed by atoms with Gasteiger partial charge >= 0.3 is 0 Å². The van der Waals surface area contributed by atoms with E-state index in [-0.39, 0.29) is 11.5 Å². The Labute approximate surface area is 273 Å². The van der Waals surface area contributed by atoms with Crippen LogP contribution in [0, 0.1) is 18.8 Å². The summed E-state index contributed by atoms with van der Waals surface area (Å²) in [5.74, 6) is 6.30. The summed E-state index contributed by atoms with van der Waals surface area (Å²) in [4.78, 5) is 34.8. The molecule has 0 radical (unpaired) electrons. The number of likely N-dealkylation sites (N-methyl/N-ethyl adjacent to an activating group) is 1. The van der Waals surface area contributed by atoms with Crippen LogP contribution in [0.25, 0.3) is 22.1 Å². The number of aryl methyl sites for hydroxylation is 2. The van der Waals surface area contributed by atoms with Crippen LogP contribution in [-0.4, -0.2) is 59.4 Å². The highest BCUT2D eigenvalue weighted by atomic mass is 16.2. The Morgan fingerprint density at radius 1 is 1.02 bits per heavy atom. The molecule has 0 saturated carbocycles. The number of aromatic nitrogens is 6. The first kappa shape index (κ1) is 31.5. The van der Waals surface area contributed by atoms with E-state index in [4.69, 9.17) is 0 Å². The van der Waals surface area contributed by atoms with E-state index in [1.165, 1.54) is 0 Å². The summed E-state index contributed by atoms with van der Waals surface area (Å²) in [5, 5.41) is 13.3. The van der Waals surface area contributed by atoms with E-state index in [1.54, 1.807) is 40.7 Å². The lowest BCUT2D eigenvalue weighted by Gasteiger charge is -2.21. The molecule has 0 aliphatic rings. The Kier molecular flexibility index (Phi) is 9.00. The number of carbonyl (C=O) groups is 1. The number of nitrogens with one attached hydrogen (secondary N) is 1. The summed E-state index contributed by atoms with van der Waals surface area (Å²) < 4.78 is 5.14. The Bertz CT molecular complexity index is 2200. The van der Waals surface area contributed by atoms with Crippen molar-refractivity contribution in [3.05, 3.63) is 123 Å². The van der Waals surface area contributed by atoms with Gasteiger partial charge in [-0.15, -0.1) is 0 Å². The Hall–Kier alpha value is -5.53. The first-order valence-electron chi connectivity index (χ1n) is 15.9. The van der Waals surface area contributed by atoms with Gasteiger partial charge in [0.2, 0.25) is 0 Å². The number of fused-ring (bicyclic) bond motifs is 2. The number of hydrogen-bond acceptors (Lipinski definition) is 6. The Morgan fingerprint density at radius 3 is 2.55 bits per heavy atom. The maximum Gasteiger partial charge on any atom is 0.264 e. The summed E-state index contributed by atoms with van der Waals surface area (Å²) in [7, 11) is 1.94. The molecule has 4 aromatic heterocycles. The van der Waals surface area contributed by atoms with E-state index in [1.807, 2.05) is 73.3 Å². The summed E-state index contributed by atoms with van der Waals surface area (Å²) in [6.45, 7) is 10.9. The van der Waals surface area contributed by atoms with Gasteiger partial charge in [-0.2, -0.15) is 10.2 Å². The zero-order valence-electron chi connectivity index (χ0n) is 27.4. The van der Waals surface area contributed by atoms with Crippen LogP contribution in [0.1, 0.15) is 65.4 Å². The molecule has 1 atom stereocenters. The fraction of sp³-hybridized carbons (Fsp3) is 0.270. The largest absolute Gasteiger partial charge is 0.344 e. The van der Waals surface area contributed by atoms with Gasteiger partial charge in [0.05, 0.1) is 34.6 Å². The van der Waals surface area contributed by atoms with Crippen LogP contribution in [0.4, 0.5) is 0 Å². The molecule has 0 spiro atoms. The summed E-state index contributed by atoms with van der Waals surface area (Å²) in [6.07, 6.45) is 6.01. The molecular formula is C37H38N8O2. The van der Waals surface area contributed by atoms with E-state index in [2.05, 4.69) is 51.1 Å². The summed E-state index contributed by atoms with van der Waals surface area (Å²) in [5.41, 5.74) is 5.11. The van der Waals surface area contributed by atoms with Crippen LogP contribution in [0.5, 0.6) is 0 Å². The van der Waals surface area contributed by atoms with Gasteiger partial charge in [0.25, 0.3) is 11.5 Å². The average molecular weight is 627 g/mol. The van der Waals surface area contributed by atoms with Crippen molar-refractivity contribution in [2.75, 3.05) is 19.6 Å². The molecule has 0 aliphatic carbocycles. The van der Waals surface area contributed by atoms with Gasteiger partial charge in [0, 0.05) is 49.4 Å². The Morgan fingerprint density at radius 2 is 1.79 bits per heavy atom. The van der Waals surface area contributed by atoms with E-state index >= 15 is 0 Å². The lowest BCUT2D eigenvalue weighted by Crippen LogP contribution is -2.32. The van der Waals surface area contributed by atoms with Gasteiger partial charge in [-0.3, -0.25) is 18.8 Å². The first-order chi connectivity index (χ1) is 22.8. The standard InChI is InChI=1S/C37H38N8O2/c1-6-43(7-2)22-19-31-29(24-39-42(31)5)18-17-27-13-11-14-28-23-32(45(37(47)34(27)28)30-15-9-8-10-16-30)25(3)40-36(46)33-26(4)41-44-21-12-20-38-35(33)44/h8-16,20-21,23-25H,6-7,19,22H2,1-5H3,(H,40,46)/t25-/m0/s1. The molecule has 1 amide bonds. The van der Waals surface area contributed by atoms with Crippen LogP contribution in [0.2, 0.25) is 0 Å². The number of hydrogen-bond donors (Lipinski definition) is 1. The van der Waals surface area contributed by atoms with Gasteiger partial charge < -0.3 is 10.2 Å². The second-order valence-corrected chi connectivity index (χ2v) is 11.5. The third-order valence-corrected chi connectivity index (χ3v) is 8.63. The number of benzene rings is 2. The molecule has 0 fully saturated rings. The van der Waals surface area contributed by atoms with Crippen LogP contribution in [0.15, 0.2) is 84.0 Å². The third kappa shape index (κ3) is 6.18. The number of rotatable bonds is 9. The molecule has 238 valence electrons. The highest BCUT2D eigenvalue weighted by molar-refractivity contribution is 6.01. The monoisotopic (exact) mass is 626 g/mol. The van der Waals surface area contributed by atoms with Gasteiger partial charge in [-0.25, -0.2) is 9.50 Å². The van der Waals surface area contributed by atoms with Gasteiger partial charge in [0.1, 0.15) is 5.56 Å². The second-order valence-electron chi connectivity index (χ2n) is 11.5. The predicted octanol–water partition coefficient (Wildman–Crippen LogP) is 4.85. The van der Waals surface area contributed by atoms with Crippen LogP contribution < -0.4 is 10.9 Å². The fourth-order valence-corrected chi connectivity index (χ4v) is 6.06. The molecule has 0 aliphatic heterocycles. The van der Waals surface area contributed by atoms with Crippen molar-refractivity contribution in [3.8, 4) is 17.5 Å². The molecule has 1 N–H and O–H groups in total. The van der Waals surface area contributed by atoms with Gasteiger partial charge in [-0.05, 0) is 62.7 Å². The molecule has 0 unspecified atom stereocenters. The van der Waals surface area contributed by atoms with Crippen molar-refractivity contribution in [3.63, 3.8) is 0 Å². The number of nitrogens with zero attached hydrogens (tertiary/aromatic N) is 7. The summed E-state index contributed by atoms with van der Waals surface area (Å²) in [6, 6.07) is 18.3. The lowest BCUT2D eigenvalue weighted by atomic mass is 10.0. The van der Waals surface area contributed by atoms with Crippen LogP contribution in [-0.2, 0) is 13.5 Å². The summed E-state index contributed by atoms with van der Waals surface area (Å²) >= 11 is 0. The van der Waals surface area contributed by atoms with E-state index in [9.17, 15) is 9.59 Å². The van der Waals surface area contributed by atoms with Crippen molar-refractivity contribution < 1.29 is 4.79 Å². The lowest BCUT2D eigenvalue weighted by molar-refractivity contribution is 0.0939. The van der Waals surface area contributed by atoms with Crippen molar-refractivity contribution in [1.29, 1.82) is 0 Å². The fourth-order valence-electron chi connectivity index (χ4n) is 6.06. The molecule has 4 heterocycles. The molecule has 6 rings (SSSR count). The number of pyridine rings is 1. The smallest absolute Gasteiger partial charge is 0.264 e. The zero-order valence-corrected chi connectivity index (χ0v) is 27.4. The van der Waals surface area contributed by atoms with Crippen molar-refractivity contribution in [2.45, 2.75) is 40.2 Å². The minimum absolute atomic E-state index is 0.212. The first-order valence-corrected chi connectivity index (χ1v) is 15.9. The zero-order chi connectivity index (χ0) is 33.1. The third-order valence-electron chi connectivity index (χ3n) is 8.63.